The van der Waals surface area contributed by atoms with Crippen molar-refractivity contribution in [1.29, 1.82) is 0 Å². The monoisotopic (exact) mass is 285 g/mol. The van der Waals surface area contributed by atoms with Gasteiger partial charge >= 0.3 is 0 Å². The molecule has 1 amide bonds. The first kappa shape index (κ1) is 14.0. The number of fused-ring (bicyclic) bond motifs is 1. The highest BCUT2D eigenvalue weighted by Crippen LogP contribution is 2.18. The Bertz CT molecular complexity index is 631. The van der Waals surface area contributed by atoms with Gasteiger partial charge in [0.2, 0.25) is 0 Å². The SMILES string of the molecule is O=C(c1ccnc2ccccc12)N1CCN(CCO)CC1. The fraction of sp³-hybridized carbons (Fsp3) is 0.375. The molecule has 5 heteroatoms. The first-order valence-corrected chi connectivity index (χ1v) is 7.26. The maximum atomic E-state index is 12.7. The molecule has 1 saturated heterocycles. The number of rotatable bonds is 3. The van der Waals surface area contributed by atoms with Gasteiger partial charge in [0.25, 0.3) is 5.91 Å². The molecule has 2 aromatic rings. The van der Waals surface area contributed by atoms with Crippen molar-refractivity contribution in [1.82, 2.24) is 14.8 Å². The van der Waals surface area contributed by atoms with E-state index in [1.807, 2.05) is 29.2 Å². The van der Waals surface area contributed by atoms with E-state index in [-0.39, 0.29) is 12.5 Å². The average Bonchev–Trinajstić information content (AvgIpc) is 2.55. The number of piperazine rings is 1. The average molecular weight is 285 g/mol. The molecule has 1 N–H and O–H groups in total. The minimum Gasteiger partial charge on any atom is -0.395 e. The summed E-state index contributed by atoms with van der Waals surface area (Å²) in [7, 11) is 0. The zero-order chi connectivity index (χ0) is 14.7. The second kappa shape index (κ2) is 6.20. The lowest BCUT2D eigenvalue weighted by Gasteiger charge is -2.34. The molecule has 110 valence electrons. The number of benzene rings is 1. The molecular weight excluding hydrogens is 266 g/mol. The summed E-state index contributed by atoms with van der Waals surface area (Å²) in [4.78, 5) is 21.1. The predicted octanol–water partition coefficient (Wildman–Crippen LogP) is 0.985. The summed E-state index contributed by atoms with van der Waals surface area (Å²) in [6, 6.07) is 9.52. The molecule has 0 spiro atoms. The van der Waals surface area contributed by atoms with Crippen molar-refractivity contribution < 1.29 is 9.90 Å². The fourth-order valence-electron chi connectivity index (χ4n) is 2.77. The third-order valence-electron chi connectivity index (χ3n) is 3.96. The van der Waals surface area contributed by atoms with E-state index in [1.54, 1.807) is 12.3 Å². The molecule has 5 nitrogen and oxygen atoms in total. The second-order valence-electron chi connectivity index (χ2n) is 5.23. The molecule has 0 saturated carbocycles. The number of pyridine rings is 1. The third-order valence-corrected chi connectivity index (χ3v) is 3.96. The van der Waals surface area contributed by atoms with E-state index in [2.05, 4.69) is 9.88 Å². The third kappa shape index (κ3) is 2.89. The van der Waals surface area contributed by atoms with Crippen LogP contribution in [0.15, 0.2) is 36.5 Å². The van der Waals surface area contributed by atoms with Gasteiger partial charge in [0.1, 0.15) is 0 Å². The van der Waals surface area contributed by atoms with E-state index in [1.165, 1.54) is 0 Å². The van der Waals surface area contributed by atoms with Crippen molar-refractivity contribution in [3.63, 3.8) is 0 Å². The molecule has 1 aromatic heterocycles. The van der Waals surface area contributed by atoms with Gasteiger partial charge in [0.05, 0.1) is 17.7 Å². The van der Waals surface area contributed by atoms with Gasteiger partial charge in [-0.05, 0) is 12.1 Å². The number of carbonyl (C=O) groups is 1. The Hall–Kier alpha value is -1.98. The van der Waals surface area contributed by atoms with Crippen LogP contribution in [0.5, 0.6) is 0 Å². The molecule has 1 aliphatic heterocycles. The van der Waals surface area contributed by atoms with Crippen LogP contribution in [-0.4, -0.2) is 65.1 Å². The van der Waals surface area contributed by atoms with Crippen molar-refractivity contribution in [3.8, 4) is 0 Å². The Kier molecular flexibility index (Phi) is 4.13. The first-order chi connectivity index (χ1) is 10.3. The molecule has 0 aliphatic carbocycles. The standard InChI is InChI=1S/C16H19N3O2/c20-12-11-18-7-9-19(10-8-18)16(21)14-5-6-17-15-4-2-1-3-13(14)15/h1-6,20H,7-12H2. The number of amides is 1. The van der Waals surface area contributed by atoms with Crippen molar-refractivity contribution >= 4 is 16.8 Å². The Morgan fingerprint density at radius 1 is 1.14 bits per heavy atom. The van der Waals surface area contributed by atoms with Gasteiger partial charge in [-0.1, -0.05) is 18.2 Å². The van der Waals surface area contributed by atoms with E-state index in [0.29, 0.717) is 19.6 Å². The highest BCUT2D eigenvalue weighted by molar-refractivity contribution is 6.05. The van der Waals surface area contributed by atoms with Crippen LogP contribution in [-0.2, 0) is 0 Å². The van der Waals surface area contributed by atoms with E-state index >= 15 is 0 Å². The van der Waals surface area contributed by atoms with E-state index < -0.39 is 0 Å². The normalized spacial score (nSPS) is 16.3. The summed E-state index contributed by atoms with van der Waals surface area (Å²) < 4.78 is 0. The number of carbonyl (C=O) groups excluding carboxylic acids is 1. The van der Waals surface area contributed by atoms with E-state index in [0.717, 1.165) is 29.6 Å². The number of aliphatic hydroxyl groups is 1. The number of hydrogen-bond donors (Lipinski definition) is 1. The molecule has 0 bridgehead atoms. The van der Waals surface area contributed by atoms with Crippen LogP contribution in [0.3, 0.4) is 0 Å². The van der Waals surface area contributed by atoms with Gasteiger partial charge in [-0.2, -0.15) is 0 Å². The largest absolute Gasteiger partial charge is 0.395 e. The maximum absolute atomic E-state index is 12.7. The zero-order valence-electron chi connectivity index (χ0n) is 11.9. The van der Waals surface area contributed by atoms with Crippen molar-refractivity contribution in [2.45, 2.75) is 0 Å². The molecule has 2 heterocycles. The second-order valence-corrected chi connectivity index (χ2v) is 5.23. The van der Waals surface area contributed by atoms with Gasteiger partial charge in [-0.3, -0.25) is 14.7 Å². The fourth-order valence-corrected chi connectivity index (χ4v) is 2.77. The van der Waals surface area contributed by atoms with Gasteiger partial charge in [0.15, 0.2) is 0 Å². The molecule has 0 atom stereocenters. The summed E-state index contributed by atoms with van der Waals surface area (Å²) in [5.74, 6) is 0.0669. The lowest BCUT2D eigenvalue weighted by Crippen LogP contribution is -2.49. The Morgan fingerprint density at radius 2 is 1.90 bits per heavy atom. The van der Waals surface area contributed by atoms with Crippen LogP contribution in [0.4, 0.5) is 0 Å². The van der Waals surface area contributed by atoms with Crippen LogP contribution in [0, 0.1) is 0 Å². The Balaban J connectivity index is 1.79. The van der Waals surface area contributed by atoms with Gasteiger partial charge in [-0.25, -0.2) is 0 Å². The summed E-state index contributed by atoms with van der Waals surface area (Å²) in [5, 5.41) is 9.87. The Labute approximate surface area is 123 Å². The number of β-amino-alcohol motifs (C(OH)–C–C–N with tert-alkyl or cyclic N) is 1. The number of para-hydroxylation sites is 1. The number of nitrogens with zero attached hydrogens (tertiary/aromatic N) is 3. The van der Waals surface area contributed by atoms with Gasteiger partial charge in [0, 0.05) is 44.3 Å². The van der Waals surface area contributed by atoms with Crippen molar-refractivity contribution in [2.24, 2.45) is 0 Å². The number of aromatic nitrogens is 1. The van der Waals surface area contributed by atoms with Crippen LogP contribution in [0.2, 0.25) is 0 Å². The molecule has 21 heavy (non-hydrogen) atoms. The summed E-state index contributed by atoms with van der Waals surface area (Å²) in [6.07, 6.45) is 1.69. The number of aliphatic hydroxyl groups excluding tert-OH is 1. The van der Waals surface area contributed by atoms with Crippen LogP contribution in [0.1, 0.15) is 10.4 Å². The minimum atomic E-state index is 0.0669. The number of hydrogen-bond acceptors (Lipinski definition) is 4. The lowest BCUT2D eigenvalue weighted by atomic mass is 10.1. The highest BCUT2D eigenvalue weighted by atomic mass is 16.3. The van der Waals surface area contributed by atoms with E-state index in [9.17, 15) is 4.79 Å². The minimum absolute atomic E-state index is 0.0669. The molecule has 1 fully saturated rings. The summed E-state index contributed by atoms with van der Waals surface area (Å²) in [6.45, 7) is 3.89. The molecular formula is C16H19N3O2. The van der Waals surface area contributed by atoms with Crippen LogP contribution in [0.25, 0.3) is 10.9 Å². The highest BCUT2D eigenvalue weighted by Gasteiger charge is 2.22. The first-order valence-electron chi connectivity index (χ1n) is 7.26. The molecule has 0 radical (unpaired) electrons. The molecule has 3 rings (SSSR count). The maximum Gasteiger partial charge on any atom is 0.254 e. The van der Waals surface area contributed by atoms with Crippen molar-refractivity contribution in [3.05, 3.63) is 42.1 Å². The smallest absolute Gasteiger partial charge is 0.254 e. The lowest BCUT2D eigenvalue weighted by molar-refractivity contribution is 0.0617. The molecule has 0 unspecified atom stereocenters. The molecule has 1 aromatic carbocycles. The zero-order valence-corrected chi connectivity index (χ0v) is 11.9. The quantitative estimate of drug-likeness (QED) is 0.913. The Morgan fingerprint density at radius 3 is 2.67 bits per heavy atom. The summed E-state index contributed by atoms with van der Waals surface area (Å²) >= 11 is 0. The topological polar surface area (TPSA) is 56.7 Å². The van der Waals surface area contributed by atoms with E-state index in [4.69, 9.17) is 5.11 Å². The van der Waals surface area contributed by atoms with Crippen molar-refractivity contribution in [2.75, 3.05) is 39.3 Å². The van der Waals surface area contributed by atoms with Gasteiger partial charge < -0.3 is 10.0 Å². The summed E-state index contributed by atoms with van der Waals surface area (Å²) in [5.41, 5.74) is 1.57. The van der Waals surface area contributed by atoms with Crippen LogP contribution < -0.4 is 0 Å². The molecule has 1 aliphatic rings. The predicted molar refractivity (Wildman–Crippen MR) is 81.2 cm³/mol. The van der Waals surface area contributed by atoms with Crippen LogP contribution >= 0.6 is 0 Å². The van der Waals surface area contributed by atoms with Gasteiger partial charge in [-0.15, -0.1) is 0 Å².